The Balaban J connectivity index is 2.16. The van der Waals surface area contributed by atoms with E-state index >= 15 is 0 Å². The van der Waals surface area contributed by atoms with Gasteiger partial charge >= 0.3 is 6.03 Å². The van der Waals surface area contributed by atoms with Crippen LogP contribution in [-0.2, 0) is 15.1 Å². The van der Waals surface area contributed by atoms with Crippen LogP contribution in [0.5, 0.6) is 0 Å². The molecule has 1 heterocycles. The number of benzene rings is 1. The van der Waals surface area contributed by atoms with E-state index in [1.807, 2.05) is 13.8 Å². The summed E-state index contributed by atoms with van der Waals surface area (Å²) in [5.74, 6) is -0.980. The molecule has 1 aromatic carbocycles. The van der Waals surface area contributed by atoms with Gasteiger partial charge in [-0.1, -0.05) is 13.8 Å². The third-order valence-electron chi connectivity index (χ3n) is 4.58. The molecular weight excluding hydrogens is 340 g/mol. The average molecular weight is 362 g/mol. The van der Waals surface area contributed by atoms with Gasteiger partial charge in [-0.25, -0.2) is 4.79 Å². The average Bonchev–Trinajstić information content (AvgIpc) is 2.83. The number of rotatable bonds is 7. The number of carbonyl (C=O) groups excluding carboxylic acids is 3. The Morgan fingerprint density at radius 2 is 1.85 bits per heavy atom. The van der Waals surface area contributed by atoms with Crippen molar-refractivity contribution in [1.82, 2.24) is 15.5 Å². The lowest BCUT2D eigenvalue weighted by Gasteiger charge is -2.22. The third-order valence-corrected chi connectivity index (χ3v) is 4.58. The number of hydrogen-bond donors (Lipinski definition) is 2. The smallest absolute Gasteiger partial charge is 0.325 e. The lowest BCUT2D eigenvalue weighted by atomic mass is 9.92. The van der Waals surface area contributed by atoms with Crippen LogP contribution >= 0.6 is 0 Å². The molecule has 0 spiro atoms. The topological polar surface area (TPSA) is 122 Å². The predicted octanol–water partition coefficient (Wildman–Crippen LogP) is 1.67. The summed E-state index contributed by atoms with van der Waals surface area (Å²) < 4.78 is 0. The summed E-state index contributed by atoms with van der Waals surface area (Å²) in [5, 5.41) is 16.1. The molecule has 0 bridgehead atoms. The van der Waals surface area contributed by atoms with Crippen LogP contribution in [0, 0.1) is 10.1 Å². The molecule has 26 heavy (non-hydrogen) atoms. The Kier molecular flexibility index (Phi) is 5.59. The highest BCUT2D eigenvalue weighted by atomic mass is 16.6. The van der Waals surface area contributed by atoms with Gasteiger partial charge in [-0.3, -0.25) is 24.6 Å². The van der Waals surface area contributed by atoms with Crippen molar-refractivity contribution in [2.75, 3.05) is 6.54 Å². The number of nitrogens with one attached hydrogen (secondary N) is 2. The number of nitrogens with zero attached hydrogens (tertiary/aromatic N) is 2. The van der Waals surface area contributed by atoms with E-state index < -0.39 is 28.3 Å². The number of non-ortho nitro benzene ring substituents is 1. The molecule has 0 radical (unpaired) electrons. The van der Waals surface area contributed by atoms with Gasteiger partial charge in [0.25, 0.3) is 11.6 Å². The van der Waals surface area contributed by atoms with Gasteiger partial charge in [0, 0.05) is 18.2 Å². The minimum absolute atomic E-state index is 0.00989. The summed E-state index contributed by atoms with van der Waals surface area (Å²) in [5.41, 5.74) is -1.08. The van der Waals surface area contributed by atoms with E-state index in [9.17, 15) is 24.5 Å². The van der Waals surface area contributed by atoms with Crippen molar-refractivity contribution in [3.8, 4) is 0 Å². The normalized spacial score (nSPS) is 19.6. The first kappa shape index (κ1) is 19.4. The molecule has 0 aromatic heterocycles. The van der Waals surface area contributed by atoms with Crippen LogP contribution in [0.1, 0.15) is 39.2 Å². The van der Waals surface area contributed by atoms with Crippen LogP contribution in [0.4, 0.5) is 10.5 Å². The summed E-state index contributed by atoms with van der Waals surface area (Å²) in [4.78, 5) is 48.2. The van der Waals surface area contributed by atoms with E-state index in [4.69, 9.17) is 0 Å². The van der Waals surface area contributed by atoms with Gasteiger partial charge < -0.3 is 10.6 Å². The minimum atomic E-state index is -1.37. The number of hydrogen-bond acceptors (Lipinski definition) is 5. The van der Waals surface area contributed by atoms with Crippen molar-refractivity contribution < 1.29 is 19.3 Å². The number of amides is 4. The zero-order valence-corrected chi connectivity index (χ0v) is 14.9. The summed E-state index contributed by atoms with van der Waals surface area (Å²) in [6.45, 7) is 5.01. The van der Waals surface area contributed by atoms with Crippen LogP contribution in [0.25, 0.3) is 0 Å². The van der Waals surface area contributed by atoms with E-state index in [1.165, 1.54) is 31.2 Å². The highest BCUT2D eigenvalue weighted by molar-refractivity contribution is 6.09. The molecule has 1 saturated heterocycles. The van der Waals surface area contributed by atoms with Crippen LogP contribution in [0.15, 0.2) is 24.3 Å². The van der Waals surface area contributed by atoms with E-state index in [0.29, 0.717) is 5.56 Å². The second-order valence-electron chi connectivity index (χ2n) is 6.33. The Morgan fingerprint density at radius 3 is 2.35 bits per heavy atom. The standard InChI is InChI=1S/C17H22N4O5/c1-4-12(5-2)18-14(22)10-20-15(23)17(3,19-16(20)24)11-6-8-13(9-7-11)21(25)26/h6-9,12H,4-5,10H2,1-3H3,(H,18,22)(H,19,24)/t17-/m1/s1. The van der Waals surface area contributed by atoms with Crippen molar-refractivity contribution in [2.45, 2.75) is 45.2 Å². The number of imide groups is 1. The van der Waals surface area contributed by atoms with Crippen LogP contribution in [0.3, 0.4) is 0 Å². The van der Waals surface area contributed by atoms with Crippen molar-refractivity contribution in [3.63, 3.8) is 0 Å². The first-order chi connectivity index (χ1) is 12.2. The van der Waals surface area contributed by atoms with Crippen LogP contribution in [0.2, 0.25) is 0 Å². The third kappa shape index (κ3) is 3.66. The van der Waals surface area contributed by atoms with Gasteiger partial charge in [0.2, 0.25) is 5.91 Å². The highest BCUT2D eigenvalue weighted by Gasteiger charge is 2.49. The van der Waals surface area contributed by atoms with E-state index in [-0.39, 0.29) is 18.3 Å². The minimum Gasteiger partial charge on any atom is -0.352 e. The number of carbonyl (C=O) groups is 3. The van der Waals surface area contributed by atoms with Gasteiger partial charge in [0.15, 0.2) is 0 Å². The molecule has 2 N–H and O–H groups in total. The predicted molar refractivity (Wildman–Crippen MR) is 93.2 cm³/mol. The molecule has 2 rings (SSSR count). The first-order valence-electron chi connectivity index (χ1n) is 8.41. The number of nitro benzene ring substituents is 1. The summed E-state index contributed by atoms with van der Waals surface area (Å²) in [6.07, 6.45) is 1.51. The molecule has 0 saturated carbocycles. The van der Waals surface area contributed by atoms with Gasteiger partial charge in [0.05, 0.1) is 4.92 Å². The van der Waals surface area contributed by atoms with Crippen molar-refractivity contribution in [1.29, 1.82) is 0 Å². The Morgan fingerprint density at radius 1 is 1.27 bits per heavy atom. The molecule has 0 unspecified atom stereocenters. The molecule has 9 nitrogen and oxygen atoms in total. The molecule has 1 aromatic rings. The number of nitro groups is 1. The monoisotopic (exact) mass is 362 g/mol. The lowest BCUT2D eigenvalue weighted by Crippen LogP contribution is -2.45. The van der Waals surface area contributed by atoms with Crippen molar-refractivity contribution in [3.05, 3.63) is 39.9 Å². The van der Waals surface area contributed by atoms with Gasteiger partial charge in [-0.15, -0.1) is 0 Å². The molecule has 140 valence electrons. The molecule has 4 amide bonds. The van der Waals surface area contributed by atoms with Gasteiger partial charge in [-0.2, -0.15) is 0 Å². The maximum atomic E-state index is 12.7. The Hall–Kier alpha value is -2.97. The summed E-state index contributed by atoms with van der Waals surface area (Å²) in [7, 11) is 0. The second-order valence-corrected chi connectivity index (χ2v) is 6.33. The molecule has 1 aliphatic heterocycles. The van der Waals surface area contributed by atoms with Gasteiger partial charge in [0.1, 0.15) is 12.1 Å². The molecule has 1 atom stereocenters. The summed E-state index contributed by atoms with van der Waals surface area (Å²) in [6, 6.07) is 4.69. The summed E-state index contributed by atoms with van der Waals surface area (Å²) >= 11 is 0. The maximum absolute atomic E-state index is 12.7. The van der Waals surface area contributed by atoms with Crippen molar-refractivity contribution in [2.24, 2.45) is 0 Å². The van der Waals surface area contributed by atoms with Crippen LogP contribution in [-0.4, -0.2) is 40.3 Å². The van der Waals surface area contributed by atoms with Crippen LogP contribution < -0.4 is 10.6 Å². The first-order valence-corrected chi connectivity index (χ1v) is 8.41. The molecule has 0 aliphatic carbocycles. The zero-order chi connectivity index (χ0) is 19.5. The fourth-order valence-electron chi connectivity index (χ4n) is 2.86. The molecule has 1 fully saturated rings. The highest BCUT2D eigenvalue weighted by Crippen LogP contribution is 2.29. The fraction of sp³-hybridized carbons (Fsp3) is 0.471. The quantitative estimate of drug-likeness (QED) is 0.434. The SMILES string of the molecule is CCC(CC)NC(=O)CN1C(=O)N[C@](C)(c2ccc([N+](=O)[O-])cc2)C1=O. The van der Waals surface area contributed by atoms with E-state index in [2.05, 4.69) is 10.6 Å². The van der Waals surface area contributed by atoms with E-state index in [0.717, 1.165) is 17.7 Å². The van der Waals surface area contributed by atoms with E-state index in [1.54, 1.807) is 0 Å². The fourth-order valence-corrected chi connectivity index (χ4v) is 2.86. The largest absolute Gasteiger partial charge is 0.352 e. The molecule has 1 aliphatic rings. The zero-order valence-electron chi connectivity index (χ0n) is 14.9. The molecular formula is C17H22N4O5. The second kappa shape index (κ2) is 7.51. The Bertz CT molecular complexity index is 729. The Labute approximate surface area is 150 Å². The molecule has 9 heteroatoms. The lowest BCUT2D eigenvalue weighted by molar-refractivity contribution is -0.384. The number of urea groups is 1. The maximum Gasteiger partial charge on any atom is 0.325 e. The van der Waals surface area contributed by atoms with Crippen molar-refractivity contribution >= 4 is 23.5 Å². The van der Waals surface area contributed by atoms with Gasteiger partial charge in [-0.05, 0) is 37.5 Å².